The van der Waals surface area contributed by atoms with Gasteiger partial charge in [-0.15, -0.1) is 0 Å². The Morgan fingerprint density at radius 2 is 2.00 bits per heavy atom. The topological polar surface area (TPSA) is 41.2 Å². The Balaban J connectivity index is 2.20. The van der Waals surface area contributed by atoms with Gasteiger partial charge < -0.3 is 5.11 Å². The number of rotatable bonds is 3. The molecule has 0 aliphatic carbocycles. The van der Waals surface area contributed by atoms with Crippen molar-refractivity contribution in [3.8, 4) is 5.75 Å². The van der Waals surface area contributed by atoms with Crippen molar-refractivity contribution in [2.24, 2.45) is 0 Å². The van der Waals surface area contributed by atoms with Gasteiger partial charge in [0.25, 0.3) is 0 Å². The van der Waals surface area contributed by atoms with E-state index in [-0.39, 0.29) is 23.6 Å². The van der Waals surface area contributed by atoms with Gasteiger partial charge in [-0.05, 0) is 18.2 Å². The van der Waals surface area contributed by atoms with Gasteiger partial charge in [-0.25, -0.2) is 4.39 Å². The molecule has 0 amide bonds. The molecular weight excluding hydrogens is 221 g/mol. The van der Waals surface area contributed by atoms with Crippen LogP contribution >= 0.6 is 0 Å². The van der Waals surface area contributed by atoms with E-state index in [1.54, 1.807) is 18.3 Å². The van der Waals surface area contributed by atoms with E-state index < -0.39 is 5.82 Å². The summed E-state index contributed by atoms with van der Waals surface area (Å²) < 4.78 is 14.8. The number of nitrogens with zero attached hydrogens (tertiary/aromatic N) is 1. The van der Waals surface area contributed by atoms with Gasteiger partial charge in [0.1, 0.15) is 5.82 Å². The van der Waals surface area contributed by atoms with Crippen molar-refractivity contribution in [1.29, 1.82) is 0 Å². The number of hydrogen-bond acceptors (Lipinski definition) is 2. The summed E-state index contributed by atoms with van der Waals surface area (Å²) >= 11 is 0. The van der Waals surface area contributed by atoms with Crippen LogP contribution in [0.4, 0.5) is 4.39 Å². The molecule has 0 spiro atoms. The lowest BCUT2D eigenvalue weighted by atomic mass is 10.1. The van der Waals surface area contributed by atoms with Crippen molar-refractivity contribution in [1.82, 2.24) is 0 Å². The molecule has 2 aromatic rings. The van der Waals surface area contributed by atoms with Crippen molar-refractivity contribution in [2.45, 2.75) is 6.54 Å². The Morgan fingerprint density at radius 1 is 1.24 bits per heavy atom. The highest BCUT2D eigenvalue weighted by molar-refractivity contribution is 5.95. The molecule has 0 aliphatic heterocycles. The van der Waals surface area contributed by atoms with E-state index in [1.165, 1.54) is 35.0 Å². The maximum atomic E-state index is 13.3. The minimum atomic E-state index is -0.529. The minimum Gasteiger partial charge on any atom is -0.503 e. The highest BCUT2D eigenvalue weighted by Crippen LogP contribution is 2.07. The molecule has 4 heteroatoms. The monoisotopic (exact) mass is 232 g/mol. The van der Waals surface area contributed by atoms with E-state index in [2.05, 4.69) is 0 Å². The number of ketones is 1. The molecule has 17 heavy (non-hydrogen) atoms. The molecule has 1 aromatic carbocycles. The van der Waals surface area contributed by atoms with Gasteiger partial charge in [-0.3, -0.25) is 4.79 Å². The molecule has 0 unspecified atom stereocenters. The quantitative estimate of drug-likeness (QED) is 0.646. The number of pyridine rings is 1. The minimum absolute atomic E-state index is 0.00463. The van der Waals surface area contributed by atoms with Gasteiger partial charge in [0.15, 0.2) is 11.9 Å². The van der Waals surface area contributed by atoms with Crippen LogP contribution in [-0.2, 0) is 6.54 Å². The number of hydrogen-bond donors (Lipinski definition) is 1. The van der Waals surface area contributed by atoms with Crippen LogP contribution < -0.4 is 4.57 Å². The number of aromatic nitrogens is 1. The van der Waals surface area contributed by atoms with Crippen molar-refractivity contribution in [3.05, 3.63) is 60.2 Å². The summed E-state index contributed by atoms with van der Waals surface area (Å²) in [4.78, 5) is 11.8. The van der Waals surface area contributed by atoms with Gasteiger partial charge in [0, 0.05) is 6.07 Å². The summed E-state index contributed by atoms with van der Waals surface area (Å²) in [5.74, 6) is -0.800. The first-order valence-corrected chi connectivity index (χ1v) is 5.12. The Kier molecular flexibility index (Phi) is 3.14. The molecule has 0 radical (unpaired) electrons. The molecule has 2 rings (SSSR count). The summed E-state index contributed by atoms with van der Waals surface area (Å²) in [5, 5.41) is 9.24. The third-order valence-electron chi connectivity index (χ3n) is 2.34. The smallest absolute Gasteiger partial charge is 0.230 e. The molecule has 0 saturated carbocycles. The van der Waals surface area contributed by atoms with E-state index in [1.807, 2.05) is 0 Å². The molecule has 1 heterocycles. The molecule has 0 aliphatic rings. The molecule has 0 fully saturated rings. The summed E-state index contributed by atoms with van der Waals surface area (Å²) in [5.41, 5.74) is 0.0587. The SMILES string of the molecule is O=C(C[n+]1cccc(O)c1)c1ccccc1F. The van der Waals surface area contributed by atoms with E-state index in [4.69, 9.17) is 0 Å². The van der Waals surface area contributed by atoms with Crippen molar-refractivity contribution in [3.63, 3.8) is 0 Å². The number of Topliss-reactive ketones (excluding diaryl/α,β-unsaturated/α-hetero) is 1. The predicted octanol–water partition coefficient (Wildman–Crippen LogP) is 1.70. The van der Waals surface area contributed by atoms with Crippen LogP contribution in [0.1, 0.15) is 10.4 Å². The van der Waals surface area contributed by atoms with Crippen LogP contribution in [0.15, 0.2) is 48.8 Å². The standard InChI is InChI=1S/C13H10FNO2/c14-12-6-2-1-5-11(12)13(17)9-15-7-3-4-10(16)8-15/h1-8H,9H2/p+1. The lowest BCUT2D eigenvalue weighted by Crippen LogP contribution is -2.37. The largest absolute Gasteiger partial charge is 0.503 e. The Hall–Kier alpha value is -2.23. The Bertz CT molecular complexity index is 555. The molecule has 86 valence electrons. The van der Waals surface area contributed by atoms with Crippen LogP contribution in [0.2, 0.25) is 0 Å². The van der Waals surface area contributed by atoms with Gasteiger partial charge in [0.2, 0.25) is 18.5 Å². The maximum absolute atomic E-state index is 13.3. The second-order valence-electron chi connectivity index (χ2n) is 3.64. The number of carbonyl (C=O) groups excluding carboxylic acids is 1. The fourth-order valence-electron chi connectivity index (χ4n) is 1.54. The van der Waals surface area contributed by atoms with Crippen LogP contribution in [0.25, 0.3) is 0 Å². The van der Waals surface area contributed by atoms with E-state index >= 15 is 0 Å². The summed E-state index contributed by atoms with van der Waals surface area (Å²) in [6.45, 7) is -0.00463. The zero-order valence-corrected chi connectivity index (χ0v) is 9.01. The van der Waals surface area contributed by atoms with Crippen LogP contribution in [0.3, 0.4) is 0 Å². The number of benzene rings is 1. The molecule has 1 aromatic heterocycles. The first-order valence-electron chi connectivity index (χ1n) is 5.12. The molecule has 0 saturated heterocycles. The second-order valence-corrected chi connectivity index (χ2v) is 3.64. The molecular formula is C13H11FNO2+. The lowest BCUT2D eigenvalue weighted by molar-refractivity contribution is -0.683. The number of halogens is 1. The zero-order chi connectivity index (χ0) is 12.3. The highest BCUT2D eigenvalue weighted by Gasteiger charge is 2.15. The molecule has 1 N–H and O–H groups in total. The van der Waals surface area contributed by atoms with Gasteiger partial charge in [0.05, 0.1) is 5.56 Å². The summed E-state index contributed by atoms with van der Waals surface area (Å²) in [7, 11) is 0. The van der Waals surface area contributed by atoms with Gasteiger partial charge in [-0.2, -0.15) is 4.57 Å². The van der Waals surface area contributed by atoms with Crippen LogP contribution in [0, 0.1) is 5.82 Å². The predicted molar refractivity (Wildman–Crippen MR) is 59.0 cm³/mol. The fourth-order valence-corrected chi connectivity index (χ4v) is 1.54. The molecule has 3 nitrogen and oxygen atoms in total. The van der Waals surface area contributed by atoms with E-state index in [9.17, 15) is 14.3 Å². The van der Waals surface area contributed by atoms with Crippen molar-refractivity contribution >= 4 is 5.78 Å². The normalized spacial score (nSPS) is 10.2. The van der Waals surface area contributed by atoms with Gasteiger partial charge >= 0.3 is 0 Å². The third-order valence-corrected chi connectivity index (χ3v) is 2.34. The van der Waals surface area contributed by atoms with Gasteiger partial charge in [-0.1, -0.05) is 12.1 Å². The third kappa shape index (κ3) is 2.66. The number of carbonyl (C=O) groups is 1. The Labute approximate surface area is 97.8 Å². The first kappa shape index (κ1) is 11.3. The van der Waals surface area contributed by atoms with Crippen molar-refractivity contribution < 1.29 is 18.9 Å². The van der Waals surface area contributed by atoms with Crippen LogP contribution in [-0.4, -0.2) is 10.9 Å². The molecule has 0 atom stereocenters. The molecule has 0 bridgehead atoms. The zero-order valence-electron chi connectivity index (χ0n) is 9.01. The maximum Gasteiger partial charge on any atom is 0.230 e. The highest BCUT2D eigenvalue weighted by atomic mass is 19.1. The lowest BCUT2D eigenvalue weighted by Gasteiger charge is -1.99. The van der Waals surface area contributed by atoms with E-state index in [0.717, 1.165) is 0 Å². The average Bonchev–Trinajstić information content (AvgIpc) is 2.29. The summed E-state index contributed by atoms with van der Waals surface area (Å²) in [6, 6.07) is 8.96. The first-order chi connectivity index (χ1) is 8.16. The van der Waals surface area contributed by atoms with E-state index in [0.29, 0.717) is 0 Å². The van der Waals surface area contributed by atoms with Crippen LogP contribution in [0.5, 0.6) is 5.75 Å². The second kappa shape index (κ2) is 4.74. The Morgan fingerprint density at radius 3 is 2.71 bits per heavy atom. The number of aromatic hydroxyl groups is 1. The summed E-state index contributed by atoms with van der Waals surface area (Å²) in [6.07, 6.45) is 3.05. The fraction of sp³-hybridized carbons (Fsp3) is 0.0769. The average molecular weight is 232 g/mol. The van der Waals surface area contributed by atoms with Crippen molar-refractivity contribution in [2.75, 3.05) is 0 Å².